The van der Waals surface area contributed by atoms with E-state index in [1.165, 1.54) is 17.1 Å². The van der Waals surface area contributed by atoms with Crippen molar-refractivity contribution in [3.8, 4) is 0 Å². The SMILES string of the molecule is O=C(C1CCC1)N(CCN1CCOCC1)CC(=O)N1N=C(c2ccc(F)cc2)CC1c1ccco1. The molecule has 2 amide bonds. The molecule has 3 aliphatic rings. The number of halogens is 1. The molecule has 1 saturated heterocycles. The van der Waals surface area contributed by atoms with Crippen LogP contribution in [0.5, 0.6) is 0 Å². The molecule has 2 aromatic rings. The van der Waals surface area contributed by atoms with E-state index in [2.05, 4.69) is 10.0 Å². The lowest BCUT2D eigenvalue weighted by Crippen LogP contribution is -2.49. The Morgan fingerprint density at radius 2 is 1.89 bits per heavy atom. The van der Waals surface area contributed by atoms with Gasteiger partial charge in [-0.2, -0.15) is 5.10 Å². The second-order valence-corrected chi connectivity index (χ2v) is 9.37. The Kier molecular flexibility index (Phi) is 7.24. The van der Waals surface area contributed by atoms with Crippen molar-refractivity contribution >= 4 is 17.5 Å². The summed E-state index contributed by atoms with van der Waals surface area (Å²) in [4.78, 5) is 30.7. The number of amides is 2. The summed E-state index contributed by atoms with van der Waals surface area (Å²) in [5, 5.41) is 6.06. The highest BCUT2D eigenvalue weighted by Gasteiger charge is 2.37. The first-order valence-corrected chi connectivity index (χ1v) is 12.4. The average Bonchev–Trinajstić information content (AvgIpc) is 3.52. The third-order valence-corrected chi connectivity index (χ3v) is 7.10. The minimum Gasteiger partial charge on any atom is -0.467 e. The van der Waals surface area contributed by atoms with Gasteiger partial charge in [0.15, 0.2) is 0 Å². The summed E-state index contributed by atoms with van der Waals surface area (Å²) < 4.78 is 24.5. The summed E-state index contributed by atoms with van der Waals surface area (Å²) >= 11 is 0. The van der Waals surface area contributed by atoms with Crippen molar-refractivity contribution in [2.45, 2.75) is 31.7 Å². The van der Waals surface area contributed by atoms with Gasteiger partial charge in [-0.1, -0.05) is 18.6 Å². The summed E-state index contributed by atoms with van der Waals surface area (Å²) in [5.74, 6) is 0.107. The average molecular weight is 483 g/mol. The van der Waals surface area contributed by atoms with E-state index in [9.17, 15) is 14.0 Å². The Hall–Kier alpha value is -3.04. The van der Waals surface area contributed by atoms with Crippen molar-refractivity contribution < 1.29 is 23.1 Å². The molecule has 3 heterocycles. The van der Waals surface area contributed by atoms with Gasteiger partial charge in [0.1, 0.15) is 24.2 Å². The zero-order valence-corrected chi connectivity index (χ0v) is 19.8. The van der Waals surface area contributed by atoms with Gasteiger partial charge in [0.2, 0.25) is 5.91 Å². The summed E-state index contributed by atoms with van der Waals surface area (Å²) in [7, 11) is 0. The van der Waals surface area contributed by atoms with Crippen LogP contribution in [0.1, 0.15) is 43.0 Å². The van der Waals surface area contributed by atoms with Gasteiger partial charge in [0, 0.05) is 38.5 Å². The van der Waals surface area contributed by atoms with Crippen LogP contribution in [-0.4, -0.2) is 78.3 Å². The van der Waals surface area contributed by atoms with Crippen LogP contribution in [0.2, 0.25) is 0 Å². The number of benzene rings is 1. The Morgan fingerprint density at radius 3 is 2.54 bits per heavy atom. The van der Waals surface area contributed by atoms with Crippen molar-refractivity contribution in [1.82, 2.24) is 14.8 Å². The molecule has 1 aromatic carbocycles. The zero-order valence-electron chi connectivity index (χ0n) is 19.8. The second-order valence-electron chi connectivity index (χ2n) is 9.37. The van der Waals surface area contributed by atoms with Crippen molar-refractivity contribution in [2.75, 3.05) is 45.9 Å². The monoisotopic (exact) mass is 482 g/mol. The highest BCUT2D eigenvalue weighted by Crippen LogP contribution is 2.34. The van der Waals surface area contributed by atoms with Crippen molar-refractivity contribution in [2.24, 2.45) is 11.0 Å². The molecule has 9 heteroatoms. The molecule has 1 saturated carbocycles. The lowest BCUT2D eigenvalue weighted by molar-refractivity contribution is -0.146. The van der Waals surface area contributed by atoms with E-state index in [0.717, 1.165) is 37.9 Å². The van der Waals surface area contributed by atoms with Crippen molar-refractivity contribution in [3.63, 3.8) is 0 Å². The van der Waals surface area contributed by atoms with E-state index >= 15 is 0 Å². The minimum atomic E-state index is -0.405. The molecule has 5 rings (SSSR count). The first-order chi connectivity index (χ1) is 17.1. The Labute approximate surface area is 204 Å². The van der Waals surface area contributed by atoms with E-state index in [1.807, 2.05) is 6.07 Å². The van der Waals surface area contributed by atoms with E-state index < -0.39 is 6.04 Å². The largest absolute Gasteiger partial charge is 0.467 e. The van der Waals surface area contributed by atoms with Crippen LogP contribution < -0.4 is 0 Å². The van der Waals surface area contributed by atoms with Gasteiger partial charge in [0.05, 0.1) is 25.2 Å². The van der Waals surface area contributed by atoms with Crippen molar-refractivity contribution in [1.29, 1.82) is 0 Å². The number of carbonyl (C=O) groups is 2. The van der Waals surface area contributed by atoms with Gasteiger partial charge < -0.3 is 14.1 Å². The third kappa shape index (κ3) is 5.46. The molecule has 1 atom stereocenters. The maximum Gasteiger partial charge on any atom is 0.262 e. The number of rotatable bonds is 8. The Bertz CT molecular complexity index is 1050. The van der Waals surface area contributed by atoms with Gasteiger partial charge >= 0.3 is 0 Å². The molecule has 1 aliphatic carbocycles. The fourth-order valence-electron chi connectivity index (χ4n) is 4.76. The molecule has 0 radical (unpaired) electrons. The Balaban J connectivity index is 1.33. The summed E-state index contributed by atoms with van der Waals surface area (Å²) in [6.07, 6.45) is 4.84. The van der Waals surface area contributed by atoms with Crippen molar-refractivity contribution in [3.05, 3.63) is 59.8 Å². The number of carbonyl (C=O) groups excluding carboxylic acids is 2. The summed E-state index contributed by atoms with van der Waals surface area (Å²) in [6.45, 7) is 4.21. The molecule has 2 aliphatic heterocycles. The van der Waals surface area contributed by atoms with Crippen LogP contribution in [0.25, 0.3) is 0 Å². The molecule has 35 heavy (non-hydrogen) atoms. The molecule has 0 N–H and O–H groups in total. The quantitative estimate of drug-likeness (QED) is 0.578. The van der Waals surface area contributed by atoms with Gasteiger partial charge in [-0.15, -0.1) is 0 Å². The van der Waals surface area contributed by atoms with E-state index in [1.54, 1.807) is 29.4 Å². The van der Waals surface area contributed by atoms with Gasteiger partial charge in [0.25, 0.3) is 5.91 Å². The smallest absolute Gasteiger partial charge is 0.262 e. The minimum absolute atomic E-state index is 0.00483. The van der Waals surface area contributed by atoms with Gasteiger partial charge in [-0.25, -0.2) is 9.40 Å². The number of hydrogen-bond donors (Lipinski definition) is 0. The van der Waals surface area contributed by atoms with Gasteiger partial charge in [-0.05, 0) is 42.7 Å². The number of furan rings is 1. The second kappa shape index (κ2) is 10.7. The Morgan fingerprint density at radius 1 is 1.11 bits per heavy atom. The molecule has 8 nitrogen and oxygen atoms in total. The standard InChI is InChI=1S/C26H31FN4O4/c27-21-8-6-19(7-9-21)22-17-23(24-5-2-14-35-24)31(28-22)25(32)18-30(26(33)20-3-1-4-20)11-10-29-12-15-34-16-13-29/h2,5-9,14,20,23H,1,3-4,10-13,15-18H2. The predicted molar refractivity (Wildman–Crippen MR) is 127 cm³/mol. The lowest BCUT2D eigenvalue weighted by atomic mass is 9.84. The third-order valence-electron chi connectivity index (χ3n) is 7.10. The summed E-state index contributed by atoms with van der Waals surface area (Å²) in [6, 6.07) is 9.29. The van der Waals surface area contributed by atoms with E-state index in [0.29, 0.717) is 44.2 Å². The molecule has 1 unspecified atom stereocenters. The normalized spacial score (nSPS) is 21.0. The number of morpholine rings is 1. The predicted octanol–water partition coefficient (Wildman–Crippen LogP) is 3.06. The molecule has 186 valence electrons. The molecular weight excluding hydrogens is 451 g/mol. The number of hydrazone groups is 1. The topological polar surface area (TPSA) is 78.6 Å². The fourth-order valence-corrected chi connectivity index (χ4v) is 4.76. The zero-order chi connectivity index (χ0) is 24.2. The van der Waals surface area contributed by atoms with E-state index in [4.69, 9.17) is 9.15 Å². The maximum absolute atomic E-state index is 13.6. The van der Waals surface area contributed by atoms with Crippen LogP contribution in [0.15, 0.2) is 52.2 Å². The van der Waals surface area contributed by atoms with Crippen LogP contribution in [0, 0.1) is 11.7 Å². The van der Waals surface area contributed by atoms with E-state index in [-0.39, 0.29) is 30.1 Å². The molecule has 0 bridgehead atoms. The van der Waals surface area contributed by atoms with Crippen LogP contribution in [-0.2, 0) is 14.3 Å². The highest BCUT2D eigenvalue weighted by molar-refractivity contribution is 6.03. The van der Waals surface area contributed by atoms with Gasteiger partial charge in [-0.3, -0.25) is 14.5 Å². The molecule has 1 aromatic heterocycles. The van der Waals surface area contributed by atoms with Crippen LogP contribution >= 0.6 is 0 Å². The first kappa shape index (κ1) is 23.7. The molecule has 2 fully saturated rings. The number of nitrogens with zero attached hydrogens (tertiary/aromatic N) is 4. The number of ether oxygens (including phenoxy) is 1. The summed E-state index contributed by atoms with van der Waals surface area (Å²) in [5.41, 5.74) is 1.44. The highest BCUT2D eigenvalue weighted by atomic mass is 19.1. The lowest BCUT2D eigenvalue weighted by Gasteiger charge is -2.34. The van der Waals surface area contributed by atoms with Crippen LogP contribution in [0.3, 0.4) is 0 Å². The van der Waals surface area contributed by atoms with Crippen LogP contribution in [0.4, 0.5) is 4.39 Å². The molecular formula is C26H31FN4O4. The fraction of sp³-hybridized carbons (Fsp3) is 0.500. The molecule has 0 spiro atoms. The maximum atomic E-state index is 13.6. The first-order valence-electron chi connectivity index (χ1n) is 12.4. The number of hydrogen-bond acceptors (Lipinski definition) is 6.